The topological polar surface area (TPSA) is 84.5 Å². The molecule has 0 bridgehead atoms. The molecule has 2 rings (SSSR count). The van der Waals surface area contributed by atoms with Crippen molar-refractivity contribution in [1.82, 2.24) is 4.72 Å². The minimum Gasteiger partial charge on any atom is -0.491 e. The monoisotopic (exact) mass is 390 g/mol. The van der Waals surface area contributed by atoms with Gasteiger partial charge in [0, 0.05) is 5.69 Å². The smallest absolute Gasteiger partial charge is 0.241 e. The minimum atomic E-state index is -3.79. The summed E-state index contributed by atoms with van der Waals surface area (Å²) in [4.78, 5) is 12.2. The van der Waals surface area contributed by atoms with Crippen molar-refractivity contribution in [3.63, 3.8) is 0 Å². The van der Waals surface area contributed by atoms with Gasteiger partial charge in [-0.15, -0.1) is 0 Å². The Morgan fingerprint density at radius 2 is 1.89 bits per heavy atom. The zero-order valence-electron chi connectivity index (χ0n) is 16.1. The quantitative estimate of drug-likeness (QED) is 0.725. The number of anilines is 1. The van der Waals surface area contributed by atoms with Gasteiger partial charge in [-0.25, -0.2) is 13.1 Å². The van der Waals surface area contributed by atoms with Gasteiger partial charge >= 0.3 is 0 Å². The highest BCUT2D eigenvalue weighted by molar-refractivity contribution is 7.89. The van der Waals surface area contributed by atoms with Crippen LogP contribution in [0.15, 0.2) is 47.4 Å². The van der Waals surface area contributed by atoms with Crippen molar-refractivity contribution in [2.75, 3.05) is 11.9 Å². The molecule has 0 aliphatic rings. The van der Waals surface area contributed by atoms with Crippen LogP contribution in [0.5, 0.6) is 5.75 Å². The lowest BCUT2D eigenvalue weighted by Crippen LogP contribution is -2.33. The maximum absolute atomic E-state index is 12.4. The van der Waals surface area contributed by atoms with Crippen LogP contribution in [0.2, 0.25) is 0 Å². The van der Waals surface area contributed by atoms with Gasteiger partial charge in [0.15, 0.2) is 0 Å². The Hall–Kier alpha value is -2.38. The van der Waals surface area contributed by atoms with E-state index >= 15 is 0 Å². The Labute approximate surface area is 161 Å². The average molecular weight is 391 g/mol. The molecule has 27 heavy (non-hydrogen) atoms. The number of benzene rings is 2. The van der Waals surface area contributed by atoms with E-state index < -0.39 is 15.9 Å². The lowest BCUT2D eigenvalue weighted by atomic mass is 10.1. The fourth-order valence-corrected chi connectivity index (χ4v) is 3.56. The van der Waals surface area contributed by atoms with Gasteiger partial charge in [0.1, 0.15) is 5.75 Å². The first kappa shape index (κ1) is 20.9. The molecular formula is C20H26N2O4S. The zero-order chi connectivity index (χ0) is 20.0. The van der Waals surface area contributed by atoms with E-state index in [-0.39, 0.29) is 17.5 Å². The summed E-state index contributed by atoms with van der Waals surface area (Å²) in [5, 5.41) is 2.70. The highest BCUT2D eigenvalue weighted by atomic mass is 32.2. The number of hydrogen-bond acceptors (Lipinski definition) is 4. The van der Waals surface area contributed by atoms with Crippen molar-refractivity contribution in [3.05, 3.63) is 53.6 Å². The van der Waals surface area contributed by atoms with Crippen LogP contribution in [-0.4, -0.2) is 27.0 Å². The normalized spacial score (nSPS) is 11.4. The summed E-state index contributed by atoms with van der Waals surface area (Å²) >= 11 is 0. The highest BCUT2D eigenvalue weighted by Gasteiger charge is 2.17. The van der Waals surface area contributed by atoms with E-state index in [0.717, 1.165) is 12.0 Å². The average Bonchev–Trinajstić information content (AvgIpc) is 2.61. The van der Waals surface area contributed by atoms with E-state index in [2.05, 4.69) is 10.0 Å². The maximum Gasteiger partial charge on any atom is 0.241 e. The van der Waals surface area contributed by atoms with E-state index in [9.17, 15) is 13.2 Å². The second-order valence-corrected chi connectivity index (χ2v) is 8.29. The van der Waals surface area contributed by atoms with Gasteiger partial charge in [-0.1, -0.05) is 19.1 Å². The van der Waals surface area contributed by atoms with Gasteiger partial charge in [0.05, 0.1) is 17.5 Å². The summed E-state index contributed by atoms with van der Waals surface area (Å²) in [6.45, 7) is 7.27. The Morgan fingerprint density at radius 1 is 1.15 bits per heavy atom. The molecule has 0 aliphatic heterocycles. The van der Waals surface area contributed by atoms with E-state index in [4.69, 9.17) is 4.74 Å². The number of carbonyl (C=O) groups excluding carboxylic acids is 1. The number of carbonyl (C=O) groups is 1. The third-order valence-corrected chi connectivity index (χ3v) is 5.26. The first-order chi connectivity index (χ1) is 12.7. The molecule has 2 aromatic carbocycles. The fraction of sp³-hybridized carbons (Fsp3) is 0.350. The number of nitrogens with one attached hydrogen (secondary N) is 2. The Morgan fingerprint density at radius 3 is 2.52 bits per heavy atom. The fourth-order valence-electron chi connectivity index (χ4n) is 2.49. The van der Waals surface area contributed by atoms with Crippen LogP contribution < -0.4 is 14.8 Å². The maximum atomic E-state index is 12.4. The first-order valence-corrected chi connectivity index (χ1v) is 10.4. The molecule has 0 spiro atoms. The van der Waals surface area contributed by atoms with Crippen molar-refractivity contribution in [3.8, 4) is 5.75 Å². The number of sulfonamides is 1. The predicted octanol–water partition coefficient (Wildman–Crippen LogP) is 3.26. The summed E-state index contributed by atoms with van der Waals surface area (Å²) in [7, 11) is -3.79. The minimum absolute atomic E-state index is 0.000751. The van der Waals surface area contributed by atoms with Gasteiger partial charge in [0.25, 0.3) is 0 Å². The van der Waals surface area contributed by atoms with Crippen LogP contribution in [0.25, 0.3) is 0 Å². The molecule has 0 atom stereocenters. The van der Waals surface area contributed by atoms with Crippen LogP contribution >= 0.6 is 0 Å². The summed E-state index contributed by atoms with van der Waals surface area (Å²) in [6.07, 6.45) is 0.853. The van der Waals surface area contributed by atoms with Gasteiger partial charge in [-0.3, -0.25) is 4.79 Å². The largest absolute Gasteiger partial charge is 0.491 e. The number of aryl methyl sites for hydroxylation is 2. The summed E-state index contributed by atoms with van der Waals surface area (Å²) in [5.41, 5.74) is 2.45. The van der Waals surface area contributed by atoms with Crippen molar-refractivity contribution in [1.29, 1.82) is 0 Å². The molecule has 0 aromatic heterocycles. The molecule has 0 radical (unpaired) electrons. The Balaban J connectivity index is 2.01. The van der Waals surface area contributed by atoms with Crippen molar-refractivity contribution in [2.24, 2.45) is 0 Å². The second-order valence-electron chi connectivity index (χ2n) is 6.52. The van der Waals surface area contributed by atoms with E-state index in [1.165, 1.54) is 12.1 Å². The molecular weight excluding hydrogens is 364 g/mol. The highest BCUT2D eigenvalue weighted by Crippen LogP contribution is 2.22. The molecule has 146 valence electrons. The Kier molecular flexibility index (Phi) is 6.98. The van der Waals surface area contributed by atoms with Crippen LogP contribution in [-0.2, 0) is 21.2 Å². The molecule has 7 heteroatoms. The van der Waals surface area contributed by atoms with Gasteiger partial charge in [-0.05, 0) is 68.7 Å². The van der Waals surface area contributed by atoms with Crippen LogP contribution in [0, 0.1) is 6.92 Å². The third-order valence-electron chi connectivity index (χ3n) is 3.86. The number of rotatable bonds is 8. The number of amides is 1. The molecule has 2 aromatic rings. The molecule has 0 aliphatic carbocycles. The molecule has 6 nitrogen and oxygen atoms in total. The molecule has 0 unspecified atom stereocenters. The summed E-state index contributed by atoms with van der Waals surface area (Å²) in [6, 6.07) is 12.1. The van der Waals surface area contributed by atoms with Gasteiger partial charge < -0.3 is 10.1 Å². The molecule has 2 N–H and O–H groups in total. The van der Waals surface area contributed by atoms with Gasteiger partial charge in [-0.2, -0.15) is 0 Å². The van der Waals surface area contributed by atoms with Crippen molar-refractivity contribution >= 4 is 21.6 Å². The van der Waals surface area contributed by atoms with E-state index in [1.807, 2.05) is 39.0 Å². The number of hydrogen-bond donors (Lipinski definition) is 2. The molecule has 0 saturated heterocycles. The number of ether oxygens (including phenoxy) is 1. The molecule has 0 heterocycles. The van der Waals surface area contributed by atoms with Gasteiger partial charge in [0.2, 0.25) is 15.9 Å². The standard InChI is InChI=1S/C20H26N2O4S/c1-5-16-7-6-8-17(12-16)22-20(23)13-21-27(24,25)18-9-10-19(15(4)11-18)26-14(2)3/h6-12,14,21H,5,13H2,1-4H3,(H,22,23). The van der Waals surface area contributed by atoms with E-state index in [0.29, 0.717) is 17.0 Å². The predicted molar refractivity (Wildman–Crippen MR) is 107 cm³/mol. The lowest BCUT2D eigenvalue weighted by Gasteiger charge is -2.14. The first-order valence-electron chi connectivity index (χ1n) is 8.87. The lowest BCUT2D eigenvalue weighted by molar-refractivity contribution is -0.115. The zero-order valence-corrected chi connectivity index (χ0v) is 16.9. The van der Waals surface area contributed by atoms with Crippen molar-refractivity contribution in [2.45, 2.75) is 45.1 Å². The second kappa shape index (κ2) is 9.01. The van der Waals surface area contributed by atoms with E-state index in [1.54, 1.807) is 19.1 Å². The van der Waals surface area contributed by atoms with Crippen LogP contribution in [0.4, 0.5) is 5.69 Å². The third kappa shape index (κ3) is 6.08. The van der Waals surface area contributed by atoms with Crippen molar-refractivity contribution < 1.29 is 17.9 Å². The van der Waals surface area contributed by atoms with Crippen LogP contribution in [0.1, 0.15) is 31.9 Å². The molecule has 0 saturated carbocycles. The van der Waals surface area contributed by atoms with Crippen LogP contribution in [0.3, 0.4) is 0 Å². The molecule has 1 amide bonds. The summed E-state index contributed by atoms with van der Waals surface area (Å²) < 4.78 is 32.8. The molecule has 0 fully saturated rings. The summed E-state index contributed by atoms with van der Waals surface area (Å²) in [5.74, 6) is 0.209. The SMILES string of the molecule is CCc1cccc(NC(=O)CNS(=O)(=O)c2ccc(OC(C)C)c(C)c2)c1. The Bertz CT molecular complexity index is 908.